The van der Waals surface area contributed by atoms with Crippen molar-refractivity contribution >= 4 is 23.8 Å². The Balaban J connectivity index is 2.22. The predicted octanol–water partition coefficient (Wildman–Crippen LogP) is 1.54. The fourth-order valence-corrected chi connectivity index (χ4v) is 2.68. The summed E-state index contributed by atoms with van der Waals surface area (Å²) in [6, 6.07) is -0.268. The van der Waals surface area contributed by atoms with E-state index in [2.05, 4.69) is 17.6 Å². The molecule has 0 heterocycles. The summed E-state index contributed by atoms with van der Waals surface area (Å²) in [7, 11) is 0. The van der Waals surface area contributed by atoms with Crippen molar-refractivity contribution in [3.05, 3.63) is 0 Å². The van der Waals surface area contributed by atoms with E-state index >= 15 is 0 Å². The number of hydrogen-bond donors (Lipinski definition) is 3. The van der Waals surface area contributed by atoms with Gasteiger partial charge in [-0.3, -0.25) is 4.79 Å². The number of rotatable bonds is 7. The maximum Gasteiger partial charge on any atom is 0.314 e. The van der Waals surface area contributed by atoms with Gasteiger partial charge in [0.15, 0.2) is 0 Å². The highest BCUT2D eigenvalue weighted by atomic mass is 32.2. The average Bonchev–Trinajstić information content (AvgIpc) is 2.24. The molecule has 3 N–H and O–H groups in total. The van der Waals surface area contributed by atoms with E-state index in [0.29, 0.717) is 25.3 Å². The smallest absolute Gasteiger partial charge is 0.314 e. The Hall–Kier alpha value is -0.910. The van der Waals surface area contributed by atoms with Crippen molar-refractivity contribution in [1.82, 2.24) is 10.6 Å². The highest BCUT2D eigenvalue weighted by Gasteiger charge is 2.44. The molecule has 1 rings (SSSR count). The van der Waals surface area contributed by atoms with E-state index in [1.54, 1.807) is 11.8 Å². The van der Waals surface area contributed by atoms with Gasteiger partial charge in [0.25, 0.3) is 0 Å². The van der Waals surface area contributed by atoms with Crippen molar-refractivity contribution < 1.29 is 14.7 Å². The minimum absolute atomic E-state index is 0.227. The van der Waals surface area contributed by atoms with E-state index in [1.807, 2.05) is 6.26 Å². The molecule has 0 aromatic heterocycles. The van der Waals surface area contributed by atoms with Crippen LogP contribution in [-0.2, 0) is 4.79 Å². The molecule has 1 fully saturated rings. The lowest BCUT2D eigenvalue weighted by Crippen LogP contribution is -2.50. The Morgan fingerprint density at radius 1 is 1.39 bits per heavy atom. The van der Waals surface area contributed by atoms with Crippen LogP contribution in [-0.4, -0.2) is 42.2 Å². The maximum absolute atomic E-state index is 11.5. The first-order chi connectivity index (χ1) is 8.50. The van der Waals surface area contributed by atoms with Crippen molar-refractivity contribution in [3.63, 3.8) is 0 Å². The minimum Gasteiger partial charge on any atom is -0.481 e. The number of carboxylic acid groups (broad SMARTS) is 1. The Labute approximate surface area is 112 Å². The number of carbonyl (C=O) groups is 2. The van der Waals surface area contributed by atoms with Gasteiger partial charge in [0.2, 0.25) is 0 Å². The zero-order chi connectivity index (χ0) is 13.6. The number of hydrogen-bond acceptors (Lipinski definition) is 3. The molecule has 1 saturated carbocycles. The summed E-state index contributed by atoms with van der Waals surface area (Å²) in [6.07, 6.45) is 4.28. The molecule has 0 aromatic carbocycles. The van der Waals surface area contributed by atoms with Gasteiger partial charge in [0, 0.05) is 13.1 Å². The molecule has 0 spiro atoms. The molecule has 104 valence electrons. The number of nitrogens with one attached hydrogen (secondary N) is 2. The quantitative estimate of drug-likeness (QED) is 0.658. The van der Waals surface area contributed by atoms with Crippen molar-refractivity contribution in [1.29, 1.82) is 0 Å². The summed E-state index contributed by atoms with van der Waals surface area (Å²) in [5.41, 5.74) is -0.720. The number of urea groups is 1. The van der Waals surface area contributed by atoms with Gasteiger partial charge in [-0.1, -0.05) is 13.3 Å². The summed E-state index contributed by atoms with van der Waals surface area (Å²) in [6.45, 7) is 2.92. The van der Waals surface area contributed by atoms with E-state index in [1.165, 1.54) is 0 Å². The lowest BCUT2D eigenvalue weighted by atomic mass is 9.69. The molecule has 5 nitrogen and oxygen atoms in total. The standard InChI is InChI=1S/C12H22N2O3S/c1-9(7-18-2)6-13-11(17)14-8-12(10(15)16)4-3-5-12/h9H,3-8H2,1-2H3,(H,15,16)(H2,13,14,17). The molecule has 0 aliphatic heterocycles. The Kier molecular flexibility index (Phi) is 5.78. The summed E-state index contributed by atoms with van der Waals surface area (Å²) < 4.78 is 0. The largest absolute Gasteiger partial charge is 0.481 e. The van der Waals surface area contributed by atoms with Gasteiger partial charge >= 0.3 is 12.0 Å². The van der Waals surface area contributed by atoms with E-state index in [0.717, 1.165) is 12.2 Å². The summed E-state index contributed by atoms with van der Waals surface area (Å²) in [4.78, 5) is 22.6. The van der Waals surface area contributed by atoms with Gasteiger partial charge in [0.05, 0.1) is 5.41 Å². The molecule has 1 atom stereocenters. The molecule has 1 aliphatic rings. The van der Waals surface area contributed by atoms with Gasteiger partial charge in [-0.2, -0.15) is 11.8 Å². The van der Waals surface area contributed by atoms with Gasteiger partial charge in [-0.25, -0.2) is 4.79 Å². The second-order valence-corrected chi connectivity index (χ2v) is 5.97. The van der Waals surface area contributed by atoms with Crippen LogP contribution >= 0.6 is 11.8 Å². The molecule has 0 bridgehead atoms. The highest BCUT2D eigenvalue weighted by Crippen LogP contribution is 2.40. The van der Waals surface area contributed by atoms with E-state index in [-0.39, 0.29) is 12.6 Å². The van der Waals surface area contributed by atoms with E-state index in [9.17, 15) is 9.59 Å². The summed E-state index contributed by atoms with van der Waals surface area (Å²) >= 11 is 1.75. The normalized spacial score (nSPS) is 18.6. The van der Waals surface area contributed by atoms with Crippen LogP contribution in [0.4, 0.5) is 4.79 Å². The molecule has 0 aromatic rings. The van der Waals surface area contributed by atoms with Crippen LogP contribution < -0.4 is 10.6 Å². The number of carbonyl (C=O) groups excluding carboxylic acids is 1. The third kappa shape index (κ3) is 4.08. The van der Waals surface area contributed by atoms with Crippen LogP contribution in [0.2, 0.25) is 0 Å². The number of thioether (sulfide) groups is 1. The SMILES string of the molecule is CSCC(C)CNC(=O)NCC1(C(=O)O)CCC1. The van der Waals surface area contributed by atoms with Crippen molar-refractivity contribution in [2.45, 2.75) is 26.2 Å². The van der Waals surface area contributed by atoms with Gasteiger partial charge in [0.1, 0.15) is 0 Å². The fraction of sp³-hybridized carbons (Fsp3) is 0.833. The van der Waals surface area contributed by atoms with Crippen LogP contribution in [0.3, 0.4) is 0 Å². The maximum atomic E-state index is 11.5. The van der Waals surface area contributed by atoms with E-state index in [4.69, 9.17) is 5.11 Å². The Morgan fingerprint density at radius 3 is 2.50 bits per heavy atom. The monoisotopic (exact) mass is 274 g/mol. The fourth-order valence-electron chi connectivity index (χ4n) is 1.99. The zero-order valence-electron chi connectivity index (χ0n) is 11.0. The molecule has 0 saturated heterocycles. The molecule has 2 amide bonds. The minimum atomic E-state index is -0.801. The van der Waals surface area contributed by atoms with Crippen molar-refractivity contribution in [2.75, 3.05) is 25.1 Å². The van der Waals surface area contributed by atoms with Crippen molar-refractivity contribution in [3.8, 4) is 0 Å². The molecular weight excluding hydrogens is 252 g/mol. The Bertz CT molecular complexity index is 306. The first kappa shape index (κ1) is 15.1. The number of carboxylic acids is 1. The highest BCUT2D eigenvalue weighted by molar-refractivity contribution is 7.98. The van der Waals surface area contributed by atoms with Crippen LogP contribution in [0.15, 0.2) is 0 Å². The van der Waals surface area contributed by atoms with E-state index < -0.39 is 11.4 Å². The Morgan fingerprint density at radius 2 is 2.06 bits per heavy atom. The lowest BCUT2D eigenvalue weighted by Gasteiger charge is -2.37. The van der Waals surface area contributed by atoms with Gasteiger partial charge < -0.3 is 15.7 Å². The van der Waals surface area contributed by atoms with Crippen LogP contribution in [0.5, 0.6) is 0 Å². The number of aliphatic carboxylic acids is 1. The van der Waals surface area contributed by atoms with Gasteiger partial charge in [-0.05, 0) is 30.8 Å². The summed E-state index contributed by atoms with van der Waals surface area (Å²) in [5.74, 6) is 0.618. The van der Waals surface area contributed by atoms with Crippen molar-refractivity contribution in [2.24, 2.45) is 11.3 Å². The first-order valence-electron chi connectivity index (χ1n) is 6.24. The second kappa shape index (κ2) is 6.87. The molecule has 0 radical (unpaired) electrons. The average molecular weight is 274 g/mol. The first-order valence-corrected chi connectivity index (χ1v) is 7.63. The molecular formula is C12H22N2O3S. The third-order valence-corrected chi connectivity index (χ3v) is 4.32. The predicted molar refractivity (Wildman–Crippen MR) is 72.9 cm³/mol. The molecule has 1 unspecified atom stereocenters. The second-order valence-electron chi connectivity index (χ2n) is 5.06. The van der Waals surface area contributed by atoms with Crippen LogP contribution in [0.25, 0.3) is 0 Å². The lowest BCUT2D eigenvalue weighted by molar-refractivity contribution is -0.153. The molecule has 6 heteroatoms. The number of amides is 2. The van der Waals surface area contributed by atoms with Crippen LogP contribution in [0, 0.1) is 11.3 Å². The van der Waals surface area contributed by atoms with Crippen LogP contribution in [0.1, 0.15) is 26.2 Å². The molecule has 18 heavy (non-hydrogen) atoms. The van der Waals surface area contributed by atoms with Gasteiger partial charge in [-0.15, -0.1) is 0 Å². The third-order valence-electron chi connectivity index (χ3n) is 3.41. The summed E-state index contributed by atoms with van der Waals surface area (Å²) in [5, 5.41) is 14.5. The zero-order valence-corrected chi connectivity index (χ0v) is 11.8. The molecule has 1 aliphatic carbocycles. The topological polar surface area (TPSA) is 78.4 Å².